The third kappa shape index (κ3) is 6.32. The molecule has 2 fully saturated rings. The number of carbonyl (C=O) groups is 2. The fourth-order valence-corrected chi connectivity index (χ4v) is 6.00. The third-order valence-electron chi connectivity index (χ3n) is 8.41. The van der Waals surface area contributed by atoms with E-state index in [9.17, 15) is 14.7 Å². The van der Waals surface area contributed by atoms with Gasteiger partial charge in [0, 0.05) is 32.7 Å². The van der Waals surface area contributed by atoms with Gasteiger partial charge in [0.05, 0.1) is 12.1 Å². The molecule has 1 saturated heterocycles. The SMILES string of the molecule is O=C(CCC1CCCCC1)N1CCCCC2(CO)CCN(CC2)C(=O)c2ccccc2OCC1. The number of rotatable bonds is 4. The quantitative estimate of drug-likeness (QED) is 0.695. The lowest BCUT2D eigenvalue weighted by Gasteiger charge is -2.41. The van der Waals surface area contributed by atoms with Crippen molar-refractivity contribution in [2.75, 3.05) is 39.4 Å². The first-order valence-electron chi connectivity index (χ1n) is 13.5. The molecule has 1 aromatic rings. The molecule has 1 saturated carbocycles. The van der Waals surface area contributed by atoms with E-state index in [1.54, 1.807) is 0 Å². The Morgan fingerprint density at radius 1 is 0.971 bits per heavy atom. The first kappa shape index (κ1) is 25.0. The minimum absolute atomic E-state index is 0.00238. The van der Waals surface area contributed by atoms with Gasteiger partial charge in [-0.25, -0.2) is 0 Å². The summed E-state index contributed by atoms with van der Waals surface area (Å²) in [6.45, 7) is 3.17. The van der Waals surface area contributed by atoms with Gasteiger partial charge in [0.15, 0.2) is 0 Å². The Hall–Kier alpha value is -2.08. The second-order valence-corrected chi connectivity index (χ2v) is 10.7. The summed E-state index contributed by atoms with van der Waals surface area (Å²) in [5, 5.41) is 10.2. The normalized spacial score (nSPS) is 22.4. The number of carbonyl (C=O) groups excluding carboxylic acids is 2. The van der Waals surface area contributed by atoms with Gasteiger partial charge in [0.25, 0.3) is 5.91 Å². The fourth-order valence-electron chi connectivity index (χ4n) is 6.00. The lowest BCUT2D eigenvalue weighted by atomic mass is 9.75. The van der Waals surface area contributed by atoms with Gasteiger partial charge in [0.2, 0.25) is 5.91 Å². The molecule has 0 unspecified atom stereocenters. The van der Waals surface area contributed by atoms with Crippen molar-refractivity contribution < 1.29 is 19.4 Å². The van der Waals surface area contributed by atoms with E-state index in [4.69, 9.17) is 4.74 Å². The van der Waals surface area contributed by atoms with Crippen LogP contribution in [0.2, 0.25) is 0 Å². The van der Waals surface area contributed by atoms with Crippen LogP contribution in [0, 0.1) is 11.3 Å². The Morgan fingerprint density at radius 3 is 2.50 bits per heavy atom. The van der Waals surface area contributed by atoms with Crippen molar-refractivity contribution in [1.82, 2.24) is 9.80 Å². The molecule has 0 aromatic heterocycles. The zero-order chi connectivity index (χ0) is 23.8. The number of hydrogen-bond acceptors (Lipinski definition) is 4. The van der Waals surface area contributed by atoms with Gasteiger partial charge >= 0.3 is 0 Å². The topological polar surface area (TPSA) is 70.1 Å². The molecular formula is C28H42N2O4. The summed E-state index contributed by atoms with van der Waals surface area (Å²) in [6, 6.07) is 7.44. The number of fused-ring (bicyclic) bond motifs is 9. The van der Waals surface area contributed by atoms with E-state index in [2.05, 4.69) is 0 Å². The van der Waals surface area contributed by atoms with E-state index in [1.165, 1.54) is 32.1 Å². The average molecular weight is 471 g/mol. The van der Waals surface area contributed by atoms with Crippen molar-refractivity contribution in [2.24, 2.45) is 11.3 Å². The zero-order valence-electron chi connectivity index (χ0n) is 20.7. The number of hydrogen-bond donors (Lipinski definition) is 1. The van der Waals surface area contributed by atoms with E-state index in [0.717, 1.165) is 45.1 Å². The van der Waals surface area contributed by atoms with Crippen LogP contribution in [0.25, 0.3) is 0 Å². The van der Waals surface area contributed by atoms with E-state index >= 15 is 0 Å². The highest BCUT2D eigenvalue weighted by Crippen LogP contribution is 2.37. The second kappa shape index (κ2) is 12.1. The first-order chi connectivity index (χ1) is 16.6. The van der Waals surface area contributed by atoms with Crippen LogP contribution in [0.4, 0.5) is 0 Å². The molecular weight excluding hydrogens is 428 g/mol. The molecule has 0 spiro atoms. The number of aliphatic hydroxyl groups is 1. The maximum atomic E-state index is 13.2. The number of benzene rings is 1. The Kier molecular flexibility index (Phi) is 8.87. The number of piperidine rings is 1. The molecule has 4 aliphatic rings. The maximum Gasteiger partial charge on any atom is 0.257 e. The van der Waals surface area contributed by atoms with Crippen molar-refractivity contribution in [3.63, 3.8) is 0 Å². The van der Waals surface area contributed by atoms with Crippen LogP contribution < -0.4 is 4.74 Å². The summed E-state index contributed by atoms with van der Waals surface area (Å²) in [4.78, 5) is 30.3. The highest BCUT2D eigenvalue weighted by atomic mass is 16.5. The van der Waals surface area contributed by atoms with E-state index < -0.39 is 0 Å². The van der Waals surface area contributed by atoms with E-state index in [1.807, 2.05) is 34.1 Å². The van der Waals surface area contributed by atoms with E-state index in [0.29, 0.717) is 49.9 Å². The van der Waals surface area contributed by atoms with Crippen molar-refractivity contribution in [3.8, 4) is 5.75 Å². The van der Waals surface area contributed by atoms with E-state index in [-0.39, 0.29) is 23.8 Å². The number of amides is 2. The maximum absolute atomic E-state index is 13.2. The van der Waals surface area contributed by atoms with Crippen LogP contribution >= 0.6 is 0 Å². The van der Waals surface area contributed by atoms with Crippen LogP contribution in [-0.4, -0.2) is 66.1 Å². The van der Waals surface area contributed by atoms with Gasteiger partial charge in [-0.15, -0.1) is 0 Å². The molecule has 3 heterocycles. The van der Waals surface area contributed by atoms with Gasteiger partial charge < -0.3 is 19.6 Å². The van der Waals surface area contributed by atoms with Gasteiger partial charge in [-0.05, 0) is 55.6 Å². The molecule has 2 amide bonds. The molecule has 5 rings (SSSR count). The monoisotopic (exact) mass is 470 g/mol. The van der Waals surface area contributed by atoms with Gasteiger partial charge in [0.1, 0.15) is 12.4 Å². The predicted octanol–water partition coefficient (Wildman–Crippen LogP) is 4.65. The molecule has 0 radical (unpaired) electrons. The Labute approximate surface area is 204 Å². The third-order valence-corrected chi connectivity index (χ3v) is 8.41. The summed E-state index contributed by atoms with van der Waals surface area (Å²) in [5.41, 5.74) is 0.479. The van der Waals surface area contributed by atoms with Crippen molar-refractivity contribution in [3.05, 3.63) is 29.8 Å². The fraction of sp³-hybridized carbons (Fsp3) is 0.714. The lowest BCUT2D eigenvalue weighted by molar-refractivity contribution is -0.132. The number of ether oxygens (including phenoxy) is 1. The van der Waals surface area contributed by atoms with Crippen LogP contribution in [-0.2, 0) is 4.79 Å². The number of aliphatic hydroxyl groups excluding tert-OH is 1. The lowest BCUT2D eigenvalue weighted by Crippen LogP contribution is -2.44. The highest BCUT2D eigenvalue weighted by molar-refractivity contribution is 5.97. The Bertz CT molecular complexity index is 812. The molecule has 1 aromatic carbocycles. The minimum atomic E-state index is -0.108. The van der Waals surface area contributed by atoms with Crippen LogP contribution in [0.5, 0.6) is 5.75 Å². The summed E-state index contributed by atoms with van der Waals surface area (Å²) < 4.78 is 6.07. The Morgan fingerprint density at radius 2 is 1.74 bits per heavy atom. The van der Waals surface area contributed by atoms with Crippen LogP contribution in [0.1, 0.15) is 87.4 Å². The molecule has 3 aliphatic heterocycles. The standard InChI is InChI=1S/C28H42N2O4/c31-22-28-14-6-7-17-29(26(32)13-12-23-8-2-1-3-9-23)20-21-34-25-11-5-4-10-24(25)27(33)30(18-15-28)19-16-28/h4-5,10-11,23,31H,1-3,6-9,12-22H2. The molecule has 188 valence electrons. The molecule has 1 aliphatic carbocycles. The largest absolute Gasteiger partial charge is 0.491 e. The molecule has 1 N–H and O–H groups in total. The van der Waals surface area contributed by atoms with Gasteiger partial charge in [-0.1, -0.05) is 50.7 Å². The molecule has 0 atom stereocenters. The smallest absolute Gasteiger partial charge is 0.257 e. The summed E-state index contributed by atoms with van der Waals surface area (Å²) in [7, 11) is 0. The minimum Gasteiger partial charge on any atom is -0.491 e. The second-order valence-electron chi connectivity index (χ2n) is 10.7. The number of para-hydroxylation sites is 1. The number of nitrogens with zero attached hydrogens (tertiary/aromatic N) is 2. The summed E-state index contributed by atoms with van der Waals surface area (Å²) in [6.07, 6.45) is 12.6. The predicted molar refractivity (Wildman–Crippen MR) is 133 cm³/mol. The average Bonchev–Trinajstić information content (AvgIpc) is 2.89. The highest BCUT2D eigenvalue weighted by Gasteiger charge is 2.36. The summed E-state index contributed by atoms with van der Waals surface area (Å²) in [5.74, 6) is 1.52. The summed E-state index contributed by atoms with van der Waals surface area (Å²) >= 11 is 0. The molecule has 2 bridgehead atoms. The van der Waals surface area contributed by atoms with Crippen molar-refractivity contribution in [1.29, 1.82) is 0 Å². The van der Waals surface area contributed by atoms with Crippen molar-refractivity contribution in [2.45, 2.75) is 77.0 Å². The zero-order valence-corrected chi connectivity index (χ0v) is 20.7. The van der Waals surface area contributed by atoms with Crippen molar-refractivity contribution >= 4 is 11.8 Å². The van der Waals surface area contributed by atoms with Gasteiger partial charge in [-0.2, -0.15) is 0 Å². The Balaban J connectivity index is 1.45. The molecule has 6 heteroatoms. The van der Waals surface area contributed by atoms with Gasteiger partial charge in [-0.3, -0.25) is 9.59 Å². The van der Waals surface area contributed by atoms with Crippen LogP contribution in [0.3, 0.4) is 0 Å². The molecule has 34 heavy (non-hydrogen) atoms. The first-order valence-corrected chi connectivity index (χ1v) is 13.5. The molecule has 6 nitrogen and oxygen atoms in total. The van der Waals surface area contributed by atoms with Crippen LogP contribution in [0.15, 0.2) is 24.3 Å².